The zero-order valence-corrected chi connectivity index (χ0v) is 13.4. The maximum Gasteiger partial charge on any atom is 0.253 e. The lowest BCUT2D eigenvalue weighted by atomic mass is 9.80. The van der Waals surface area contributed by atoms with Crippen molar-refractivity contribution in [3.63, 3.8) is 0 Å². The first-order valence-electron chi connectivity index (χ1n) is 6.43. The molecule has 0 radical (unpaired) electrons. The van der Waals surface area contributed by atoms with Crippen molar-refractivity contribution in [1.29, 1.82) is 0 Å². The van der Waals surface area contributed by atoms with Gasteiger partial charge < -0.3 is 4.90 Å². The minimum absolute atomic E-state index is 0.179. The highest BCUT2D eigenvalue weighted by atomic mass is 127. The van der Waals surface area contributed by atoms with Gasteiger partial charge in [-0.1, -0.05) is 20.8 Å². The lowest BCUT2D eigenvalue weighted by Crippen LogP contribution is -2.31. The molecule has 1 saturated heterocycles. The second-order valence-corrected chi connectivity index (χ2v) is 7.36. The van der Waals surface area contributed by atoms with Crippen LogP contribution in [0.5, 0.6) is 0 Å². The molecule has 2 nitrogen and oxygen atoms in total. The largest absolute Gasteiger partial charge is 0.338 e. The predicted octanol–water partition coefficient (Wildman–Crippen LogP) is 3.80. The summed E-state index contributed by atoms with van der Waals surface area (Å²) < 4.78 is 1.16. The van der Waals surface area contributed by atoms with Crippen LogP contribution >= 0.6 is 22.6 Å². The zero-order chi connectivity index (χ0) is 13.3. The van der Waals surface area contributed by atoms with Gasteiger partial charge in [-0.3, -0.25) is 4.79 Å². The van der Waals surface area contributed by atoms with Gasteiger partial charge in [0.1, 0.15) is 0 Å². The van der Waals surface area contributed by atoms with Gasteiger partial charge in [0.2, 0.25) is 0 Å². The Kier molecular flexibility index (Phi) is 3.99. The van der Waals surface area contributed by atoms with E-state index in [2.05, 4.69) is 43.4 Å². The molecule has 0 aromatic heterocycles. The van der Waals surface area contributed by atoms with Gasteiger partial charge in [-0.2, -0.15) is 0 Å². The average molecular weight is 357 g/mol. The molecule has 0 aliphatic carbocycles. The number of likely N-dealkylation sites (tertiary alicyclic amines) is 1. The van der Waals surface area contributed by atoms with E-state index in [1.165, 1.54) is 0 Å². The van der Waals surface area contributed by atoms with Gasteiger partial charge >= 0.3 is 0 Å². The summed E-state index contributed by atoms with van der Waals surface area (Å²) in [5.74, 6) is 0.795. The molecule has 1 aromatic rings. The van der Waals surface area contributed by atoms with Crippen molar-refractivity contribution in [3.8, 4) is 0 Å². The maximum atomic E-state index is 12.4. The van der Waals surface area contributed by atoms with Crippen LogP contribution in [-0.4, -0.2) is 23.9 Å². The second-order valence-electron chi connectivity index (χ2n) is 6.11. The maximum absolute atomic E-state index is 12.4. The molecule has 98 valence electrons. The first-order chi connectivity index (χ1) is 8.38. The van der Waals surface area contributed by atoms with Crippen molar-refractivity contribution in [3.05, 3.63) is 33.4 Å². The van der Waals surface area contributed by atoms with E-state index in [1.807, 2.05) is 29.2 Å². The van der Waals surface area contributed by atoms with Crippen molar-refractivity contribution >= 4 is 28.5 Å². The summed E-state index contributed by atoms with van der Waals surface area (Å²) in [7, 11) is 0. The van der Waals surface area contributed by atoms with E-state index < -0.39 is 0 Å². The van der Waals surface area contributed by atoms with Crippen LogP contribution in [0, 0.1) is 14.9 Å². The molecule has 0 saturated carbocycles. The lowest BCUT2D eigenvalue weighted by molar-refractivity contribution is 0.0776. The Labute approximate surface area is 123 Å². The molecule has 1 aliphatic rings. The number of nitrogens with zero attached hydrogens (tertiary/aromatic N) is 1. The van der Waals surface area contributed by atoms with E-state index in [-0.39, 0.29) is 5.91 Å². The monoisotopic (exact) mass is 357 g/mol. The molecule has 18 heavy (non-hydrogen) atoms. The molecule has 0 bridgehead atoms. The molecule has 2 rings (SSSR count). The number of rotatable bonds is 1. The fourth-order valence-electron chi connectivity index (χ4n) is 2.43. The molecule has 1 atom stereocenters. The summed E-state index contributed by atoms with van der Waals surface area (Å²) in [6, 6.07) is 7.83. The summed E-state index contributed by atoms with van der Waals surface area (Å²) >= 11 is 2.26. The predicted molar refractivity (Wildman–Crippen MR) is 82.6 cm³/mol. The van der Waals surface area contributed by atoms with Crippen molar-refractivity contribution in [2.45, 2.75) is 27.2 Å². The van der Waals surface area contributed by atoms with Crippen LogP contribution in [0.25, 0.3) is 0 Å². The molecule has 1 aliphatic heterocycles. The van der Waals surface area contributed by atoms with Crippen LogP contribution in [0.2, 0.25) is 0 Å². The second kappa shape index (κ2) is 5.19. The smallest absolute Gasteiger partial charge is 0.253 e. The number of benzene rings is 1. The quantitative estimate of drug-likeness (QED) is 0.700. The minimum Gasteiger partial charge on any atom is -0.338 e. The first kappa shape index (κ1) is 13.8. The Bertz CT molecular complexity index is 433. The third-order valence-corrected chi connectivity index (χ3v) is 4.51. The normalized spacial score (nSPS) is 20.2. The Morgan fingerprint density at radius 1 is 1.28 bits per heavy atom. The standard InChI is InChI=1S/C15H20INO/c1-15(2,3)12-8-9-17(10-12)14(18)11-4-6-13(16)7-5-11/h4-7,12H,8-10H2,1-3H3. The zero-order valence-electron chi connectivity index (χ0n) is 11.2. The van der Waals surface area contributed by atoms with Gasteiger partial charge in [-0.05, 0) is 64.6 Å². The summed E-state index contributed by atoms with van der Waals surface area (Å²) in [4.78, 5) is 14.4. The van der Waals surface area contributed by atoms with Crippen molar-refractivity contribution in [2.75, 3.05) is 13.1 Å². The molecule has 1 heterocycles. The molecular weight excluding hydrogens is 337 g/mol. The van der Waals surface area contributed by atoms with Crippen molar-refractivity contribution in [2.24, 2.45) is 11.3 Å². The Morgan fingerprint density at radius 2 is 1.89 bits per heavy atom. The number of amides is 1. The topological polar surface area (TPSA) is 20.3 Å². The van der Waals surface area contributed by atoms with E-state index in [4.69, 9.17) is 0 Å². The SMILES string of the molecule is CC(C)(C)C1CCN(C(=O)c2ccc(I)cc2)C1. The van der Waals surface area contributed by atoms with Crippen molar-refractivity contribution < 1.29 is 4.79 Å². The van der Waals surface area contributed by atoms with Crippen LogP contribution in [-0.2, 0) is 0 Å². The minimum atomic E-state index is 0.179. The Hall–Kier alpha value is -0.580. The summed E-state index contributed by atoms with van der Waals surface area (Å²) in [6.45, 7) is 8.57. The highest BCUT2D eigenvalue weighted by Crippen LogP contribution is 2.34. The fraction of sp³-hybridized carbons (Fsp3) is 0.533. The van der Waals surface area contributed by atoms with E-state index in [0.29, 0.717) is 11.3 Å². The van der Waals surface area contributed by atoms with Crippen LogP contribution < -0.4 is 0 Å². The van der Waals surface area contributed by atoms with Gasteiger partial charge in [0.15, 0.2) is 0 Å². The van der Waals surface area contributed by atoms with Gasteiger partial charge in [-0.25, -0.2) is 0 Å². The molecule has 1 fully saturated rings. The van der Waals surface area contributed by atoms with E-state index in [0.717, 1.165) is 28.6 Å². The molecule has 1 unspecified atom stereocenters. The number of halogens is 1. The van der Waals surface area contributed by atoms with E-state index in [9.17, 15) is 4.79 Å². The fourth-order valence-corrected chi connectivity index (χ4v) is 2.79. The highest BCUT2D eigenvalue weighted by Gasteiger charge is 2.33. The molecule has 1 amide bonds. The van der Waals surface area contributed by atoms with Crippen LogP contribution in [0.4, 0.5) is 0 Å². The summed E-state index contributed by atoms with van der Waals surface area (Å²) in [5, 5.41) is 0. The molecule has 1 aromatic carbocycles. The molecular formula is C15H20INO. The lowest BCUT2D eigenvalue weighted by Gasteiger charge is -2.27. The Morgan fingerprint density at radius 3 is 2.39 bits per heavy atom. The molecule has 0 N–H and O–H groups in total. The number of carbonyl (C=O) groups excluding carboxylic acids is 1. The summed E-state index contributed by atoms with van der Waals surface area (Å²) in [5.41, 5.74) is 1.10. The first-order valence-corrected chi connectivity index (χ1v) is 7.50. The van der Waals surface area contributed by atoms with Crippen molar-refractivity contribution in [1.82, 2.24) is 4.90 Å². The van der Waals surface area contributed by atoms with Crippen LogP contribution in [0.15, 0.2) is 24.3 Å². The average Bonchev–Trinajstić information content (AvgIpc) is 2.78. The number of carbonyl (C=O) groups is 1. The number of hydrogen-bond acceptors (Lipinski definition) is 1. The van der Waals surface area contributed by atoms with Crippen LogP contribution in [0.3, 0.4) is 0 Å². The van der Waals surface area contributed by atoms with E-state index in [1.54, 1.807) is 0 Å². The molecule has 3 heteroatoms. The van der Waals surface area contributed by atoms with E-state index >= 15 is 0 Å². The van der Waals surface area contributed by atoms with Gasteiger partial charge in [0.25, 0.3) is 5.91 Å². The van der Waals surface area contributed by atoms with Crippen LogP contribution in [0.1, 0.15) is 37.6 Å². The van der Waals surface area contributed by atoms with Gasteiger partial charge in [0, 0.05) is 22.2 Å². The number of hydrogen-bond donors (Lipinski definition) is 0. The molecule has 0 spiro atoms. The Balaban J connectivity index is 2.06. The highest BCUT2D eigenvalue weighted by molar-refractivity contribution is 14.1. The van der Waals surface area contributed by atoms with Gasteiger partial charge in [0.05, 0.1) is 0 Å². The summed E-state index contributed by atoms with van der Waals surface area (Å²) in [6.07, 6.45) is 1.12. The third kappa shape index (κ3) is 3.05. The van der Waals surface area contributed by atoms with Gasteiger partial charge in [-0.15, -0.1) is 0 Å². The third-order valence-electron chi connectivity index (χ3n) is 3.79.